The van der Waals surface area contributed by atoms with Crippen molar-refractivity contribution in [2.45, 2.75) is 32.1 Å². The first-order valence-corrected chi connectivity index (χ1v) is 5.75. The maximum atomic E-state index is 5.36. The van der Waals surface area contributed by atoms with Gasteiger partial charge >= 0.3 is 0 Å². The predicted molar refractivity (Wildman–Crippen MR) is 64.1 cm³/mol. The minimum absolute atomic E-state index is 0.753. The Labute approximate surface area is 92.7 Å². The van der Waals surface area contributed by atoms with Crippen LogP contribution in [0.15, 0.2) is 37.1 Å². The van der Waals surface area contributed by atoms with Gasteiger partial charge in [0.05, 0.1) is 6.61 Å². The third kappa shape index (κ3) is 6.13. The summed E-state index contributed by atoms with van der Waals surface area (Å²) in [5.41, 5.74) is 2.83. The van der Waals surface area contributed by atoms with Gasteiger partial charge in [0, 0.05) is 6.20 Å². The van der Waals surface area contributed by atoms with Gasteiger partial charge in [0.1, 0.15) is 0 Å². The molecule has 0 bridgehead atoms. The highest BCUT2D eigenvalue weighted by Crippen LogP contribution is 2.23. The molecule has 15 heavy (non-hydrogen) atoms. The highest BCUT2D eigenvalue weighted by atomic mass is 16.6. The van der Waals surface area contributed by atoms with Crippen molar-refractivity contribution < 1.29 is 4.84 Å². The monoisotopic (exact) mass is 207 g/mol. The first-order chi connectivity index (χ1) is 7.43. The van der Waals surface area contributed by atoms with Crippen LogP contribution in [0.3, 0.4) is 0 Å². The van der Waals surface area contributed by atoms with Crippen LogP contribution in [0.4, 0.5) is 0 Å². The van der Waals surface area contributed by atoms with Crippen molar-refractivity contribution >= 4 is 0 Å². The van der Waals surface area contributed by atoms with Crippen LogP contribution in [-0.2, 0) is 4.84 Å². The third-order valence-electron chi connectivity index (χ3n) is 2.65. The van der Waals surface area contributed by atoms with Crippen LogP contribution in [0.1, 0.15) is 32.1 Å². The number of hydroxylamine groups is 1. The molecule has 0 spiro atoms. The van der Waals surface area contributed by atoms with Crippen molar-refractivity contribution in [1.82, 2.24) is 5.48 Å². The van der Waals surface area contributed by atoms with Gasteiger partial charge in [-0.25, -0.2) is 0 Å². The molecule has 1 saturated carbocycles. The molecule has 0 amide bonds. The van der Waals surface area contributed by atoms with E-state index in [2.05, 4.69) is 12.1 Å². The Morgan fingerprint density at radius 2 is 1.93 bits per heavy atom. The second-order valence-electron chi connectivity index (χ2n) is 3.91. The molecule has 0 heterocycles. The van der Waals surface area contributed by atoms with Crippen LogP contribution in [0.5, 0.6) is 0 Å². The topological polar surface area (TPSA) is 21.3 Å². The summed E-state index contributed by atoms with van der Waals surface area (Å²) in [7, 11) is 0. The average molecular weight is 207 g/mol. The summed E-state index contributed by atoms with van der Waals surface area (Å²) in [6, 6.07) is 0. The van der Waals surface area contributed by atoms with Gasteiger partial charge in [-0.2, -0.15) is 0 Å². The summed E-state index contributed by atoms with van der Waals surface area (Å²) in [5, 5.41) is 0. The molecule has 2 nitrogen and oxygen atoms in total. The van der Waals surface area contributed by atoms with E-state index in [4.69, 9.17) is 4.84 Å². The lowest BCUT2D eigenvalue weighted by Crippen LogP contribution is -2.17. The van der Waals surface area contributed by atoms with Gasteiger partial charge in [-0.05, 0) is 24.8 Å². The zero-order valence-corrected chi connectivity index (χ0v) is 9.32. The van der Waals surface area contributed by atoms with Crippen LogP contribution in [-0.4, -0.2) is 6.61 Å². The molecular weight excluding hydrogens is 186 g/mol. The molecule has 0 unspecified atom stereocenters. The third-order valence-corrected chi connectivity index (χ3v) is 2.65. The Balaban J connectivity index is 1.98. The minimum Gasteiger partial charge on any atom is -0.276 e. The molecule has 2 heteroatoms. The van der Waals surface area contributed by atoms with E-state index < -0.39 is 0 Å². The molecule has 1 aliphatic carbocycles. The summed E-state index contributed by atoms with van der Waals surface area (Å²) in [6.07, 6.45) is 16.0. The van der Waals surface area contributed by atoms with Gasteiger partial charge in [0.15, 0.2) is 0 Å². The Morgan fingerprint density at radius 3 is 2.67 bits per heavy atom. The first kappa shape index (κ1) is 12.1. The smallest absolute Gasteiger partial charge is 0.0773 e. The highest BCUT2D eigenvalue weighted by Gasteiger charge is 2.12. The second kappa shape index (κ2) is 8.30. The number of hydrogen-bond donors (Lipinski definition) is 1. The normalized spacial score (nSPS) is 18.7. The lowest BCUT2D eigenvalue weighted by molar-refractivity contribution is 0.0337. The van der Waals surface area contributed by atoms with E-state index in [0.29, 0.717) is 0 Å². The average Bonchev–Trinajstić information content (AvgIpc) is 2.29. The van der Waals surface area contributed by atoms with Crippen LogP contribution in [0.25, 0.3) is 0 Å². The van der Waals surface area contributed by atoms with Crippen molar-refractivity contribution in [3.05, 3.63) is 37.1 Å². The molecular formula is C13H21NO. The summed E-state index contributed by atoms with van der Waals surface area (Å²) in [5.74, 6) is 0.753. The van der Waals surface area contributed by atoms with E-state index in [1.165, 1.54) is 32.1 Å². The minimum atomic E-state index is 0.753. The summed E-state index contributed by atoms with van der Waals surface area (Å²) < 4.78 is 0. The van der Waals surface area contributed by atoms with Crippen LogP contribution < -0.4 is 5.48 Å². The lowest BCUT2D eigenvalue weighted by Gasteiger charge is -2.20. The fraction of sp³-hybridized carbons (Fsp3) is 0.538. The van der Waals surface area contributed by atoms with Crippen molar-refractivity contribution in [2.75, 3.05) is 6.61 Å². The van der Waals surface area contributed by atoms with Crippen LogP contribution in [0.2, 0.25) is 0 Å². The Bertz CT molecular complexity index is 215. The van der Waals surface area contributed by atoms with Gasteiger partial charge in [-0.1, -0.05) is 44.1 Å². The van der Waals surface area contributed by atoms with E-state index >= 15 is 0 Å². The Hall–Kier alpha value is -1.02. The van der Waals surface area contributed by atoms with Crippen molar-refractivity contribution in [2.24, 2.45) is 5.92 Å². The van der Waals surface area contributed by atoms with E-state index in [-0.39, 0.29) is 0 Å². The molecule has 0 aromatic carbocycles. The molecule has 1 aliphatic rings. The first-order valence-electron chi connectivity index (χ1n) is 5.75. The van der Waals surface area contributed by atoms with Crippen LogP contribution >= 0.6 is 0 Å². The number of allylic oxidation sites excluding steroid dienone is 4. The fourth-order valence-corrected chi connectivity index (χ4v) is 1.81. The van der Waals surface area contributed by atoms with Gasteiger partial charge in [0.2, 0.25) is 0 Å². The van der Waals surface area contributed by atoms with E-state index in [0.717, 1.165) is 12.5 Å². The SMILES string of the molecule is C=C/C=C\C=C/NOCC1CCCCC1. The maximum Gasteiger partial charge on any atom is 0.0773 e. The molecule has 0 radical (unpaired) electrons. The zero-order chi connectivity index (χ0) is 10.8. The van der Waals surface area contributed by atoms with E-state index in [1.54, 1.807) is 12.3 Å². The summed E-state index contributed by atoms with van der Waals surface area (Å²) >= 11 is 0. The van der Waals surface area contributed by atoms with Crippen LogP contribution in [0, 0.1) is 5.92 Å². The molecule has 0 saturated heterocycles. The molecule has 1 rings (SSSR count). The molecule has 0 atom stereocenters. The maximum absolute atomic E-state index is 5.36. The van der Waals surface area contributed by atoms with E-state index in [9.17, 15) is 0 Å². The molecule has 1 N–H and O–H groups in total. The molecule has 84 valence electrons. The van der Waals surface area contributed by atoms with E-state index in [1.807, 2.05) is 18.2 Å². The van der Waals surface area contributed by atoms with Gasteiger partial charge in [0.25, 0.3) is 0 Å². The predicted octanol–water partition coefficient (Wildman–Crippen LogP) is 3.34. The van der Waals surface area contributed by atoms with Gasteiger partial charge in [-0.3, -0.25) is 10.3 Å². The molecule has 0 aromatic rings. The number of hydrogen-bond acceptors (Lipinski definition) is 2. The zero-order valence-electron chi connectivity index (χ0n) is 9.32. The number of rotatable bonds is 6. The Morgan fingerprint density at radius 1 is 1.13 bits per heavy atom. The van der Waals surface area contributed by atoms with Gasteiger partial charge in [-0.15, -0.1) is 0 Å². The summed E-state index contributed by atoms with van der Waals surface area (Å²) in [6.45, 7) is 4.41. The largest absolute Gasteiger partial charge is 0.276 e. The number of nitrogens with one attached hydrogen (secondary N) is 1. The fourth-order valence-electron chi connectivity index (χ4n) is 1.81. The Kier molecular flexibility index (Phi) is 6.67. The highest BCUT2D eigenvalue weighted by molar-refractivity contribution is 5.07. The van der Waals surface area contributed by atoms with Crippen molar-refractivity contribution in [3.63, 3.8) is 0 Å². The summed E-state index contributed by atoms with van der Waals surface area (Å²) in [4.78, 5) is 5.36. The lowest BCUT2D eigenvalue weighted by atomic mass is 9.90. The van der Waals surface area contributed by atoms with Crippen molar-refractivity contribution in [3.8, 4) is 0 Å². The molecule has 1 fully saturated rings. The standard InChI is InChI=1S/C13H21NO/c1-2-3-4-8-11-14-15-12-13-9-6-5-7-10-13/h2-4,8,11,13-14H,1,5-7,9-10,12H2/b4-3-,11-8-. The quantitative estimate of drug-likeness (QED) is 0.410. The molecule has 0 aromatic heterocycles. The van der Waals surface area contributed by atoms with Gasteiger partial charge < -0.3 is 0 Å². The second-order valence-corrected chi connectivity index (χ2v) is 3.91. The molecule has 0 aliphatic heterocycles. The van der Waals surface area contributed by atoms with Crippen molar-refractivity contribution in [1.29, 1.82) is 0 Å².